The fraction of sp³-hybridized carbons (Fsp3) is 0.500. The van der Waals surface area contributed by atoms with Crippen LogP contribution in [0, 0.1) is 5.92 Å². The molecule has 0 aliphatic heterocycles. The molecule has 0 saturated heterocycles. The number of rotatable bonds is 6. The average Bonchev–Trinajstić information content (AvgIpc) is 2.73. The second-order valence-electron chi connectivity index (χ2n) is 9.36. The van der Waals surface area contributed by atoms with Gasteiger partial charge in [0.05, 0.1) is 32.6 Å². The Kier molecular flexibility index (Phi) is 6.16. The summed E-state index contributed by atoms with van der Waals surface area (Å²) in [6.45, 7) is 11.6. The van der Waals surface area contributed by atoms with Crippen molar-refractivity contribution >= 4 is 11.9 Å². The normalized spacial score (nSPS) is 20.3. The van der Waals surface area contributed by atoms with E-state index in [4.69, 9.17) is 19.2 Å². The van der Waals surface area contributed by atoms with E-state index in [1.165, 1.54) is 11.1 Å². The first-order valence-corrected chi connectivity index (χ1v) is 10.7. The van der Waals surface area contributed by atoms with Crippen LogP contribution in [-0.4, -0.2) is 27.5 Å². The summed E-state index contributed by atoms with van der Waals surface area (Å²) in [5.41, 5.74) is 4.58. The Hall–Kier alpha value is -2.49. The molecule has 0 fully saturated rings. The van der Waals surface area contributed by atoms with E-state index in [1.54, 1.807) is 21.3 Å². The van der Waals surface area contributed by atoms with Crippen LogP contribution in [0.25, 0.3) is 0 Å². The van der Waals surface area contributed by atoms with Crippen LogP contribution in [0.3, 0.4) is 0 Å². The smallest absolute Gasteiger partial charge is 0.131 e. The molecule has 2 aromatic carbocycles. The van der Waals surface area contributed by atoms with Crippen LogP contribution in [0.15, 0.2) is 35.3 Å². The van der Waals surface area contributed by atoms with Gasteiger partial charge in [-0.05, 0) is 58.9 Å². The van der Waals surface area contributed by atoms with E-state index < -0.39 is 0 Å². The molecule has 0 bridgehead atoms. The molecule has 0 spiro atoms. The van der Waals surface area contributed by atoms with E-state index >= 15 is 0 Å². The maximum atomic E-state index is 5.68. The number of methoxy groups -OCH3 is 3. The minimum atomic E-state index is 0.0353. The highest BCUT2D eigenvalue weighted by molar-refractivity contribution is 5.89. The van der Waals surface area contributed by atoms with Crippen molar-refractivity contribution in [1.29, 1.82) is 0 Å². The van der Waals surface area contributed by atoms with E-state index in [0.717, 1.165) is 41.3 Å². The summed E-state index contributed by atoms with van der Waals surface area (Å²) >= 11 is 0. The van der Waals surface area contributed by atoms with Crippen molar-refractivity contribution in [2.24, 2.45) is 10.9 Å². The fourth-order valence-electron chi connectivity index (χ4n) is 4.56. The number of hydrogen-bond donors (Lipinski definition) is 0. The Morgan fingerprint density at radius 1 is 0.933 bits per heavy atom. The third-order valence-electron chi connectivity index (χ3n) is 6.96. The highest BCUT2D eigenvalue weighted by Gasteiger charge is 2.43. The van der Waals surface area contributed by atoms with Crippen molar-refractivity contribution in [3.8, 4) is 17.2 Å². The molecular weight excluding hydrogens is 374 g/mol. The van der Waals surface area contributed by atoms with Crippen LogP contribution < -0.4 is 14.2 Å². The summed E-state index contributed by atoms with van der Waals surface area (Å²) in [6, 6.07) is 10.0. The lowest BCUT2D eigenvalue weighted by Gasteiger charge is -2.46. The molecule has 1 aliphatic rings. The van der Waals surface area contributed by atoms with Crippen LogP contribution in [0.2, 0.25) is 0 Å². The highest BCUT2D eigenvalue weighted by atomic mass is 16.5. The van der Waals surface area contributed by atoms with Gasteiger partial charge in [0.15, 0.2) is 0 Å². The first kappa shape index (κ1) is 22.2. The van der Waals surface area contributed by atoms with Gasteiger partial charge in [0.1, 0.15) is 17.2 Å². The zero-order valence-electron chi connectivity index (χ0n) is 19.6. The molecule has 30 heavy (non-hydrogen) atoms. The van der Waals surface area contributed by atoms with Crippen molar-refractivity contribution in [1.82, 2.24) is 0 Å². The summed E-state index contributed by atoms with van der Waals surface area (Å²) in [7, 11) is 5.05. The number of aliphatic imine (C=N–C) groups is 1. The van der Waals surface area contributed by atoms with E-state index in [0.29, 0.717) is 5.92 Å². The minimum absolute atomic E-state index is 0.0353. The lowest BCUT2D eigenvalue weighted by atomic mass is 9.58. The van der Waals surface area contributed by atoms with E-state index in [2.05, 4.69) is 40.7 Å². The van der Waals surface area contributed by atoms with Crippen molar-refractivity contribution in [2.45, 2.75) is 58.3 Å². The van der Waals surface area contributed by atoms with E-state index in [-0.39, 0.29) is 10.8 Å². The molecule has 0 heterocycles. The van der Waals surface area contributed by atoms with Crippen molar-refractivity contribution in [3.63, 3.8) is 0 Å². The summed E-state index contributed by atoms with van der Waals surface area (Å²) < 4.78 is 16.8. The van der Waals surface area contributed by atoms with Gasteiger partial charge in [-0.2, -0.15) is 0 Å². The largest absolute Gasteiger partial charge is 0.497 e. The second-order valence-corrected chi connectivity index (χ2v) is 9.36. The summed E-state index contributed by atoms with van der Waals surface area (Å²) in [5, 5.41) is 0. The van der Waals surface area contributed by atoms with Crippen LogP contribution in [0.1, 0.15) is 64.2 Å². The lowest BCUT2D eigenvalue weighted by Crippen LogP contribution is -2.39. The highest BCUT2D eigenvalue weighted by Crippen LogP contribution is 2.53. The second kappa shape index (κ2) is 8.33. The van der Waals surface area contributed by atoms with Gasteiger partial charge >= 0.3 is 0 Å². The Bertz CT molecular complexity index is 923. The topological polar surface area (TPSA) is 40.0 Å². The Balaban J connectivity index is 2.24. The summed E-state index contributed by atoms with van der Waals surface area (Å²) in [4.78, 5) is 4.97. The number of nitrogens with zero attached hydrogens (tertiary/aromatic N) is 1. The zero-order chi connectivity index (χ0) is 22.1. The monoisotopic (exact) mass is 409 g/mol. The summed E-state index contributed by atoms with van der Waals surface area (Å²) in [6.07, 6.45) is 4.13. The van der Waals surface area contributed by atoms with Crippen molar-refractivity contribution < 1.29 is 14.2 Å². The maximum Gasteiger partial charge on any atom is 0.131 e. The first-order chi connectivity index (χ1) is 14.2. The van der Waals surface area contributed by atoms with Gasteiger partial charge in [-0.25, -0.2) is 0 Å². The molecule has 0 amide bonds. The number of hydrogen-bond acceptors (Lipinski definition) is 4. The van der Waals surface area contributed by atoms with Crippen LogP contribution in [0.4, 0.5) is 5.69 Å². The van der Waals surface area contributed by atoms with Crippen LogP contribution in [0.5, 0.6) is 17.2 Å². The Morgan fingerprint density at radius 3 is 2.10 bits per heavy atom. The average molecular weight is 410 g/mol. The van der Waals surface area contributed by atoms with E-state index in [1.807, 2.05) is 30.5 Å². The molecule has 1 unspecified atom stereocenters. The van der Waals surface area contributed by atoms with Gasteiger partial charge in [0, 0.05) is 12.3 Å². The molecule has 2 aromatic rings. The standard InChI is InChI=1S/C26H35NO3/c1-17(2)26(5)13-12-25(3,4)24-20(26)14-18(28-6)15-21(24)27-16-19-22(29-7)10-9-11-23(19)30-8/h9-11,14-17H,12-13H2,1-8H3. The van der Waals surface area contributed by atoms with Crippen LogP contribution in [-0.2, 0) is 10.8 Å². The SMILES string of the molecule is COc1cc(N=Cc2c(OC)cccc2OC)c2c(c1)C(C)(C(C)C)CCC2(C)C. The first-order valence-electron chi connectivity index (χ1n) is 10.7. The number of benzene rings is 2. The molecule has 0 N–H and O–H groups in total. The molecule has 4 nitrogen and oxygen atoms in total. The minimum Gasteiger partial charge on any atom is -0.497 e. The van der Waals surface area contributed by atoms with Gasteiger partial charge in [0.2, 0.25) is 0 Å². The lowest BCUT2D eigenvalue weighted by molar-refractivity contribution is 0.245. The Labute approximate surface area is 181 Å². The molecule has 0 aromatic heterocycles. The van der Waals surface area contributed by atoms with Gasteiger partial charge < -0.3 is 14.2 Å². The molecule has 3 rings (SSSR count). The number of ether oxygens (including phenoxy) is 3. The van der Waals surface area contributed by atoms with Crippen molar-refractivity contribution in [2.75, 3.05) is 21.3 Å². The maximum absolute atomic E-state index is 5.68. The molecule has 162 valence electrons. The third-order valence-corrected chi connectivity index (χ3v) is 6.96. The molecule has 1 aliphatic carbocycles. The Morgan fingerprint density at radius 2 is 1.57 bits per heavy atom. The zero-order valence-corrected chi connectivity index (χ0v) is 19.6. The number of fused-ring (bicyclic) bond motifs is 1. The quantitative estimate of drug-likeness (QED) is 0.515. The molecular formula is C26H35NO3. The molecule has 4 heteroatoms. The van der Waals surface area contributed by atoms with E-state index in [9.17, 15) is 0 Å². The molecule has 1 atom stereocenters. The third kappa shape index (κ3) is 3.80. The van der Waals surface area contributed by atoms with Gasteiger partial charge in [0.25, 0.3) is 0 Å². The van der Waals surface area contributed by atoms with Crippen molar-refractivity contribution in [3.05, 3.63) is 47.0 Å². The summed E-state index contributed by atoms with van der Waals surface area (Å²) in [5.74, 6) is 2.84. The predicted octanol–water partition coefficient (Wildman–Crippen LogP) is 6.45. The molecule has 0 radical (unpaired) electrons. The van der Waals surface area contributed by atoms with Gasteiger partial charge in [-0.3, -0.25) is 4.99 Å². The predicted molar refractivity (Wildman–Crippen MR) is 124 cm³/mol. The fourth-order valence-corrected chi connectivity index (χ4v) is 4.56. The van der Waals surface area contributed by atoms with Gasteiger partial charge in [-0.15, -0.1) is 0 Å². The molecule has 0 saturated carbocycles. The van der Waals surface area contributed by atoms with Gasteiger partial charge in [-0.1, -0.05) is 40.7 Å². The van der Waals surface area contributed by atoms with Crippen LogP contribution >= 0.6 is 0 Å².